The second-order valence-corrected chi connectivity index (χ2v) is 6.75. The molecule has 154 valence electrons. The van der Waals surface area contributed by atoms with Crippen LogP contribution in [0.2, 0.25) is 0 Å². The first-order chi connectivity index (χ1) is 13.9. The van der Waals surface area contributed by atoms with Crippen molar-refractivity contribution >= 4 is 17.6 Å². The number of ether oxygens (including phenoxy) is 1. The number of anilines is 1. The van der Waals surface area contributed by atoms with E-state index in [4.69, 9.17) is 4.74 Å². The molecule has 0 bridgehead atoms. The smallest absolute Gasteiger partial charge is 0.322 e. The minimum absolute atomic E-state index is 0.218. The van der Waals surface area contributed by atoms with E-state index in [1.807, 2.05) is 19.1 Å². The normalized spacial score (nSPS) is 14.3. The molecule has 3 amide bonds. The molecule has 0 spiro atoms. The number of benzene rings is 1. The molecule has 9 heteroatoms. The van der Waals surface area contributed by atoms with Crippen LogP contribution in [0.5, 0.6) is 5.75 Å². The van der Waals surface area contributed by atoms with E-state index in [1.165, 1.54) is 12.0 Å². The van der Waals surface area contributed by atoms with E-state index in [1.54, 1.807) is 11.0 Å². The summed E-state index contributed by atoms with van der Waals surface area (Å²) >= 11 is 0. The van der Waals surface area contributed by atoms with Crippen LogP contribution in [0.3, 0.4) is 0 Å². The maximum Gasteiger partial charge on any atom is 0.322 e. The van der Waals surface area contributed by atoms with Gasteiger partial charge in [-0.05, 0) is 31.0 Å². The number of aromatic nitrogens is 1. The topological polar surface area (TPSA) is 74.8 Å². The van der Waals surface area contributed by atoms with Gasteiger partial charge in [-0.1, -0.05) is 6.07 Å². The fraction of sp³-hybridized carbons (Fsp3) is 0.350. The average Bonchev–Trinajstić information content (AvgIpc) is 2.94. The van der Waals surface area contributed by atoms with Gasteiger partial charge in [0.05, 0.1) is 19.0 Å². The monoisotopic (exact) mass is 404 g/mol. The third-order valence-corrected chi connectivity index (χ3v) is 4.68. The molecule has 1 aromatic carbocycles. The first-order valence-corrected chi connectivity index (χ1v) is 9.20. The minimum atomic E-state index is -1.000. The Labute approximate surface area is 167 Å². The lowest BCUT2D eigenvalue weighted by molar-refractivity contribution is 0.0751. The molecule has 0 unspecified atom stereocenters. The Hall–Kier alpha value is -3.23. The van der Waals surface area contributed by atoms with E-state index in [0.717, 1.165) is 11.8 Å². The predicted molar refractivity (Wildman–Crippen MR) is 103 cm³/mol. The third-order valence-electron chi connectivity index (χ3n) is 4.68. The number of nitrogens with zero attached hydrogens (tertiary/aromatic N) is 3. The number of carbonyl (C=O) groups excluding carboxylic acids is 2. The van der Waals surface area contributed by atoms with Gasteiger partial charge in [-0.25, -0.2) is 18.6 Å². The van der Waals surface area contributed by atoms with E-state index in [9.17, 15) is 18.4 Å². The maximum absolute atomic E-state index is 13.9. The molecule has 1 aromatic heterocycles. The first-order valence-electron chi connectivity index (χ1n) is 9.20. The summed E-state index contributed by atoms with van der Waals surface area (Å²) in [6.07, 6.45) is 1.33. The van der Waals surface area contributed by atoms with E-state index < -0.39 is 23.2 Å². The first kappa shape index (κ1) is 20.5. The van der Waals surface area contributed by atoms with Gasteiger partial charge in [0.25, 0.3) is 5.91 Å². The van der Waals surface area contributed by atoms with Crippen LogP contribution in [0.25, 0.3) is 0 Å². The molecular formula is C20H22F2N4O3. The summed E-state index contributed by atoms with van der Waals surface area (Å²) < 4.78 is 32.2. The van der Waals surface area contributed by atoms with Crippen molar-refractivity contribution < 1.29 is 23.1 Å². The van der Waals surface area contributed by atoms with E-state index in [2.05, 4.69) is 10.3 Å². The molecule has 1 fully saturated rings. The van der Waals surface area contributed by atoms with Crippen LogP contribution in [0, 0.1) is 18.6 Å². The van der Waals surface area contributed by atoms with Crippen molar-refractivity contribution in [2.24, 2.45) is 0 Å². The summed E-state index contributed by atoms with van der Waals surface area (Å²) in [6, 6.07) is 5.79. The number of halogens is 2. The molecule has 2 heterocycles. The Morgan fingerprint density at radius 2 is 1.83 bits per heavy atom. The molecule has 1 saturated heterocycles. The molecule has 0 radical (unpaired) electrons. The Bertz CT molecular complexity index is 923. The van der Waals surface area contributed by atoms with Crippen molar-refractivity contribution in [3.8, 4) is 5.75 Å². The number of carbonyl (C=O) groups is 2. The standard InChI is InChI=1S/C20H22F2N4O3/c1-13-4-5-17(29-2)16(10-13)24-20(28)26-7-3-6-25(8-9-26)19(27)18-15(22)11-14(21)12-23-18/h4-5,10-12H,3,6-9H2,1-2H3,(H,24,28). The van der Waals surface area contributed by atoms with Crippen LogP contribution < -0.4 is 10.1 Å². The van der Waals surface area contributed by atoms with Crippen LogP contribution in [0.4, 0.5) is 19.3 Å². The highest BCUT2D eigenvalue weighted by Gasteiger charge is 2.26. The van der Waals surface area contributed by atoms with Crippen molar-refractivity contribution in [3.05, 3.63) is 53.4 Å². The molecule has 1 N–H and O–H groups in total. The van der Waals surface area contributed by atoms with Crippen molar-refractivity contribution in [3.63, 3.8) is 0 Å². The molecule has 0 atom stereocenters. The van der Waals surface area contributed by atoms with Crippen molar-refractivity contribution in [1.82, 2.24) is 14.8 Å². The van der Waals surface area contributed by atoms with Gasteiger partial charge in [-0.2, -0.15) is 0 Å². The van der Waals surface area contributed by atoms with Gasteiger partial charge in [-0.15, -0.1) is 0 Å². The molecule has 3 rings (SSSR count). The lowest BCUT2D eigenvalue weighted by Gasteiger charge is -2.23. The summed E-state index contributed by atoms with van der Waals surface area (Å²) in [7, 11) is 1.53. The largest absolute Gasteiger partial charge is 0.495 e. The van der Waals surface area contributed by atoms with Crippen molar-refractivity contribution in [2.75, 3.05) is 38.6 Å². The maximum atomic E-state index is 13.9. The van der Waals surface area contributed by atoms with Gasteiger partial charge < -0.3 is 19.9 Å². The molecule has 0 saturated carbocycles. The van der Waals surface area contributed by atoms with E-state index in [0.29, 0.717) is 37.0 Å². The van der Waals surface area contributed by atoms with Crippen LogP contribution >= 0.6 is 0 Å². The zero-order valence-electron chi connectivity index (χ0n) is 16.2. The quantitative estimate of drug-likeness (QED) is 0.853. The summed E-state index contributed by atoms with van der Waals surface area (Å²) in [5.74, 6) is -1.91. The Balaban J connectivity index is 1.66. The lowest BCUT2D eigenvalue weighted by atomic mass is 10.2. The molecule has 29 heavy (non-hydrogen) atoms. The van der Waals surface area contributed by atoms with Crippen molar-refractivity contribution in [2.45, 2.75) is 13.3 Å². The number of amides is 3. The highest BCUT2D eigenvalue weighted by Crippen LogP contribution is 2.25. The van der Waals surface area contributed by atoms with Crippen LogP contribution in [-0.4, -0.2) is 60.0 Å². The van der Waals surface area contributed by atoms with Crippen molar-refractivity contribution in [1.29, 1.82) is 0 Å². The molecular weight excluding hydrogens is 382 g/mol. The Morgan fingerprint density at radius 1 is 1.10 bits per heavy atom. The average molecular weight is 404 g/mol. The summed E-state index contributed by atoms with van der Waals surface area (Å²) in [5.41, 5.74) is 1.11. The second kappa shape index (κ2) is 8.85. The minimum Gasteiger partial charge on any atom is -0.495 e. The number of aryl methyl sites for hydroxylation is 1. The molecule has 1 aliphatic rings. The summed E-state index contributed by atoms with van der Waals surface area (Å²) in [5, 5.41) is 2.84. The molecule has 1 aliphatic heterocycles. The van der Waals surface area contributed by atoms with Gasteiger partial charge >= 0.3 is 6.03 Å². The number of methoxy groups -OCH3 is 1. The zero-order valence-corrected chi connectivity index (χ0v) is 16.2. The molecule has 0 aliphatic carbocycles. The third kappa shape index (κ3) is 4.79. The van der Waals surface area contributed by atoms with Crippen LogP contribution in [-0.2, 0) is 0 Å². The highest BCUT2D eigenvalue weighted by molar-refractivity contribution is 5.93. The highest BCUT2D eigenvalue weighted by atomic mass is 19.1. The van der Waals surface area contributed by atoms with Gasteiger partial charge in [0.2, 0.25) is 0 Å². The summed E-state index contributed by atoms with van der Waals surface area (Å²) in [6.45, 7) is 3.18. The van der Waals surface area contributed by atoms with Gasteiger partial charge in [-0.3, -0.25) is 4.79 Å². The fourth-order valence-electron chi connectivity index (χ4n) is 3.16. The second-order valence-electron chi connectivity index (χ2n) is 6.75. The number of hydrogen-bond acceptors (Lipinski definition) is 4. The zero-order chi connectivity index (χ0) is 21.0. The number of urea groups is 1. The molecule has 7 nitrogen and oxygen atoms in total. The number of nitrogens with one attached hydrogen (secondary N) is 1. The number of rotatable bonds is 3. The predicted octanol–water partition coefficient (Wildman–Crippen LogP) is 3.06. The van der Waals surface area contributed by atoms with E-state index >= 15 is 0 Å². The fourth-order valence-corrected chi connectivity index (χ4v) is 3.16. The summed E-state index contributed by atoms with van der Waals surface area (Å²) in [4.78, 5) is 31.8. The van der Waals surface area contributed by atoms with Gasteiger partial charge in [0.1, 0.15) is 11.6 Å². The lowest BCUT2D eigenvalue weighted by Crippen LogP contribution is -2.39. The number of pyridine rings is 1. The van der Waals surface area contributed by atoms with Gasteiger partial charge in [0, 0.05) is 32.2 Å². The van der Waals surface area contributed by atoms with Crippen LogP contribution in [0.1, 0.15) is 22.5 Å². The Kier molecular flexibility index (Phi) is 6.26. The number of hydrogen-bond donors (Lipinski definition) is 1. The van der Waals surface area contributed by atoms with Crippen LogP contribution in [0.15, 0.2) is 30.5 Å². The Morgan fingerprint density at radius 3 is 2.55 bits per heavy atom. The SMILES string of the molecule is COc1ccc(C)cc1NC(=O)N1CCCN(C(=O)c2ncc(F)cc2F)CC1. The molecule has 2 aromatic rings. The van der Waals surface area contributed by atoms with Gasteiger partial charge in [0.15, 0.2) is 11.5 Å². The van der Waals surface area contributed by atoms with E-state index in [-0.39, 0.29) is 19.1 Å².